The molecule has 1 aliphatic carbocycles. The van der Waals surface area contributed by atoms with Gasteiger partial charge in [-0.3, -0.25) is 9.88 Å². The van der Waals surface area contributed by atoms with E-state index < -0.39 is 16.1 Å². The predicted molar refractivity (Wildman–Crippen MR) is 154 cm³/mol. The van der Waals surface area contributed by atoms with Crippen LogP contribution in [0.2, 0.25) is 0 Å². The molecule has 0 bridgehead atoms. The number of aromatic nitrogens is 2. The quantitative estimate of drug-likeness (QED) is 0.480. The first kappa shape index (κ1) is 26.6. The molecule has 208 valence electrons. The van der Waals surface area contributed by atoms with E-state index in [2.05, 4.69) is 51.6 Å². The first-order chi connectivity index (χ1) is 18.9. The SMILES string of the molecule is CS(=O)(=O)N1CC[C@@H](Nc2cc3c(C4CCN([C@@H]5CCC[C@@H]5c5ccccc5)CC4)nccc3cn2)[C@H](O)C1. The number of nitrogens with one attached hydrogen (secondary N) is 1. The van der Waals surface area contributed by atoms with Crippen molar-refractivity contribution in [3.05, 3.63) is 66.1 Å². The van der Waals surface area contributed by atoms with Crippen LogP contribution in [0.3, 0.4) is 0 Å². The summed E-state index contributed by atoms with van der Waals surface area (Å²) >= 11 is 0. The van der Waals surface area contributed by atoms with E-state index in [1.165, 1.54) is 35.4 Å². The second-order valence-corrected chi connectivity index (χ2v) is 13.5. The molecule has 3 aliphatic rings. The monoisotopic (exact) mass is 549 g/mol. The zero-order chi connectivity index (χ0) is 27.0. The van der Waals surface area contributed by atoms with E-state index in [4.69, 9.17) is 4.98 Å². The number of benzene rings is 1. The summed E-state index contributed by atoms with van der Waals surface area (Å²) in [5.74, 6) is 1.74. The number of anilines is 1. The number of aliphatic hydroxyl groups is 1. The Morgan fingerprint density at radius 2 is 1.77 bits per heavy atom. The lowest BCUT2D eigenvalue weighted by molar-refractivity contribution is 0.0952. The third kappa shape index (κ3) is 5.68. The summed E-state index contributed by atoms with van der Waals surface area (Å²) in [4.78, 5) is 12.2. The highest BCUT2D eigenvalue weighted by atomic mass is 32.2. The molecule has 8 nitrogen and oxygen atoms in total. The lowest BCUT2D eigenvalue weighted by Crippen LogP contribution is -2.51. The summed E-state index contributed by atoms with van der Waals surface area (Å²) in [5.41, 5.74) is 2.62. The van der Waals surface area contributed by atoms with Crippen molar-refractivity contribution < 1.29 is 13.5 Å². The van der Waals surface area contributed by atoms with Crippen molar-refractivity contribution in [1.82, 2.24) is 19.2 Å². The summed E-state index contributed by atoms with van der Waals surface area (Å²) < 4.78 is 25.1. The first-order valence-electron chi connectivity index (χ1n) is 14.3. The minimum absolute atomic E-state index is 0.0988. The zero-order valence-electron chi connectivity index (χ0n) is 22.6. The number of aliphatic hydroxyl groups excluding tert-OH is 1. The van der Waals surface area contributed by atoms with Gasteiger partial charge in [0.05, 0.1) is 24.1 Å². The highest BCUT2D eigenvalue weighted by Gasteiger charge is 2.36. The molecule has 39 heavy (non-hydrogen) atoms. The summed E-state index contributed by atoms with van der Waals surface area (Å²) in [5, 5.41) is 16.2. The van der Waals surface area contributed by atoms with Crippen LogP contribution in [0.1, 0.15) is 61.6 Å². The number of piperidine rings is 2. The molecule has 3 fully saturated rings. The summed E-state index contributed by atoms with van der Waals surface area (Å²) in [6.45, 7) is 2.68. The molecule has 2 N–H and O–H groups in total. The highest BCUT2D eigenvalue weighted by Crippen LogP contribution is 2.41. The van der Waals surface area contributed by atoms with Crippen molar-refractivity contribution in [2.45, 2.75) is 68.5 Å². The van der Waals surface area contributed by atoms with Crippen LogP contribution >= 0.6 is 0 Å². The van der Waals surface area contributed by atoms with E-state index >= 15 is 0 Å². The fourth-order valence-corrected chi connectivity index (χ4v) is 7.89. The second kappa shape index (κ2) is 11.1. The molecule has 0 amide bonds. The van der Waals surface area contributed by atoms with Crippen LogP contribution in [-0.2, 0) is 10.0 Å². The Morgan fingerprint density at radius 3 is 2.51 bits per heavy atom. The zero-order valence-corrected chi connectivity index (χ0v) is 23.4. The van der Waals surface area contributed by atoms with Crippen LogP contribution < -0.4 is 5.32 Å². The standard InChI is InChI=1S/C30H39N5O3S/c1-39(37,38)35-17-13-26(28(36)20-35)33-29-18-25-23(19-32-29)10-14-31-30(25)22-11-15-34(16-12-22)27-9-5-8-24(27)21-6-3-2-4-7-21/h2-4,6-7,10,14,18-19,22,24,26-28,36H,5,8-9,11-13,15-17,20H2,1H3,(H,32,33)/t24-,26-,27-,28-/m1/s1. The van der Waals surface area contributed by atoms with E-state index in [1.54, 1.807) is 0 Å². The molecule has 2 saturated heterocycles. The Balaban J connectivity index is 1.14. The van der Waals surface area contributed by atoms with E-state index in [0.717, 1.165) is 42.4 Å². The predicted octanol–water partition coefficient (Wildman–Crippen LogP) is 3.95. The van der Waals surface area contributed by atoms with E-state index in [1.807, 2.05) is 18.5 Å². The molecule has 6 rings (SSSR count). The molecule has 0 unspecified atom stereocenters. The minimum Gasteiger partial charge on any atom is -0.390 e. The molecule has 9 heteroatoms. The fourth-order valence-electron chi connectivity index (χ4n) is 7.03. The van der Waals surface area contributed by atoms with Gasteiger partial charge in [-0.25, -0.2) is 13.4 Å². The molecule has 0 spiro atoms. The van der Waals surface area contributed by atoms with Crippen molar-refractivity contribution in [3.8, 4) is 0 Å². The Kier molecular flexibility index (Phi) is 7.59. The molecule has 2 aliphatic heterocycles. The number of hydrogen-bond donors (Lipinski definition) is 2. The molecule has 0 radical (unpaired) electrons. The number of fused-ring (bicyclic) bond motifs is 1. The van der Waals surface area contributed by atoms with Crippen LogP contribution in [0.25, 0.3) is 10.8 Å². The Labute approximate surface area is 231 Å². The molecule has 1 aromatic carbocycles. The molecule has 4 atom stereocenters. The Hall–Kier alpha value is -2.59. The third-order valence-corrected chi connectivity index (χ3v) is 10.4. The topological polar surface area (TPSA) is 98.7 Å². The minimum atomic E-state index is -3.31. The maximum absolute atomic E-state index is 11.9. The van der Waals surface area contributed by atoms with Gasteiger partial charge in [0.1, 0.15) is 5.82 Å². The second-order valence-electron chi connectivity index (χ2n) is 11.5. The Morgan fingerprint density at radius 1 is 0.974 bits per heavy atom. The lowest BCUT2D eigenvalue weighted by atomic mass is 9.87. The van der Waals surface area contributed by atoms with Crippen LogP contribution in [-0.4, -0.2) is 83.3 Å². The van der Waals surface area contributed by atoms with Gasteiger partial charge in [0.25, 0.3) is 0 Å². The molecule has 1 saturated carbocycles. The first-order valence-corrected chi connectivity index (χ1v) is 16.1. The van der Waals surface area contributed by atoms with Crippen LogP contribution in [0, 0.1) is 0 Å². The fraction of sp³-hybridized carbons (Fsp3) is 0.533. The summed E-state index contributed by atoms with van der Waals surface area (Å²) in [7, 11) is -3.31. The molecule has 3 aromatic rings. The van der Waals surface area contributed by atoms with Gasteiger partial charge in [-0.15, -0.1) is 0 Å². The summed E-state index contributed by atoms with van der Waals surface area (Å²) in [6.07, 6.45) is 10.8. The number of likely N-dealkylation sites (tertiary alicyclic amines) is 1. The normalized spacial score (nSPS) is 27.6. The van der Waals surface area contributed by atoms with Crippen LogP contribution in [0.4, 0.5) is 5.82 Å². The maximum Gasteiger partial charge on any atom is 0.211 e. The van der Waals surface area contributed by atoms with Gasteiger partial charge in [0.2, 0.25) is 10.0 Å². The molecular weight excluding hydrogens is 510 g/mol. The van der Waals surface area contributed by atoms with Gasteiger partial charge in [0.15, 0.2) is 0 Å². The van der Waals surface area contributed by atoms with E-state index in [0.29, 0.717) is 36.7 Å². The van der Waals surface area contributed by atoms with Gasteiger partial charge in [-0.2, -0.15) is 4.31 Å². The average Bonchev–Trinajstić information content (AvgIpc) is 3.44. The van der Waals surface area contributed by atoms with Crippen LogP contribution in [0.15, 0.2) is 54.9 Å². The van der Waals surface area contributed by atoms with E-state index in [9.17, 15) is 13.5 Å². The number of hydrogen-bond acceptors (Lipinski definition) is 7. The number of β-amino-alcohol motifs (C(OH)–C–C–N with tert-alkyl or cyclic N) is 1. The van der Waals surface area contributed by atoms with Crippen molar-refractivity contribution in [1.29, 1.82) is 0 Å². The van der Waals surface area contributed by atoms with Gasteiger partial charge in [-0.1, -0.05) is 36.8 Å². The average molecular weight is 550 g/mol. The highest BCUT2D eigenvalue weighted by molar-refractivity contribution is 7.88. The number of sulfonamides is 1. The van der Waals surface area contributed by atoms with Crippen molar-refractivity contribution in [2.24, 2.45) is 0 Å². The van der Waals surface area contributed by atoms with Crippen molar-refractivity contribution in [2.75, 3.05) is 37.8 Å². The van der Waals surface area contributed by atoms with Crippen LogP contribution in [0.5, 0.6) is 0 Å². The van der Waals surface area contributed by atoms with E-state index in [-0.39, 0.29) is 12.6 Å². The molecular formula is C30H39N5O3S. The summed E-state index contributed by atoms with van der Waals surface area (Å²) in [6, 6.07) is 15.5. The Bertz CT molecular complexity index is 1390. The molecule has 4 heterocycles. The smallest absolute Gasteiger partial charge is 0.211 e. The maximum atomic E-state index is 11.9. The van der Waals surface area contributed by atoms with Gasteiger partial charge in [-0.05, 0) is 68.8 Å². The van der Waals surface area contributed by atoms with Crippen molar-refractivity contribution in [3.63, 3.8) is 0 Å². The lowest BCUT2D eigenvalue weighted by Gasteiger charge is -2.38. The molecule has 2 aromatic heterocycles. The van der Waals surface area contributed by atoms with Gasteiger partial charge >= 0.3 is 0 Å². The largest absolute Gasteiger partial charge is 0.390 e. The number of pyridine rings is 2. The van der Waals surface area contributed by atoms with Gasteiger partial charge < -0.3 is 10.4 Å². The van der Waals surface area contributed by atoms with Gasteiger partial charge in [0, 0.05) is 48.2 Å². The number of nitrogens with zero attached hydrogens (tertiary/aromatic N) is 4. The number of rotatable bonds is 6. The third-order valence-electron chi connectivity index (χ3n) is 9.12. The van der Waals surface area contributed by atoms with Crippen molar-refractivity contribution >= 4 is 26.6 Å².